The first-order chi connectivity index (χ1) is 7.59. The van der Waals surface area contributed by atoms with Crippen molar-refractivity contribution in [2.75, 3.05) is 6.54 Å². The SMILES string of the molecule is O=C1OC2CCCCN2OC(=O)C(O)C1O. The number of ether oxygens (including phenoxy) is 1. The van der Waals surface area contributed by atoms with Crippen molar-refractivity contribution in [3.63, 3.8) is 0 Å². The molecule has 3 atom stereocenters. The second kappa shape index (κ2) is 4.36. The topological polar surface area (TPSA) is 96.3 Å². The Balaban J connectivity index is 2.16. The van der Waals surface area contributed by atoms with Gasteiger partial charge in [0.05, 0.1) is 0 Å². The van der Waals surface area contributed by atoms with Crippen LogP contribution in [0.5, 0.6) is 0 Å². The molecule has 2 heterocycles. The summed E-state index contributed by atoms with van der Waals surface area (Å²) in [6, 6.07) is 0. The zero-order valence-corrected chi connectivity index (χ0v) is 8.54. The molecule has 7 heteroatoms. The minimum absolute atomic E-state index is 0.451. The van der Waals surface area contributed by atoms with Gasteiger partial charge in [-0.2, -0.15) is 0 Å². The van der Waals surface area contributed by atoms with Crippen LogP contribution in [0.3, 0.4) is 0 Å². The molecule has 2 rings (SSSR count). The molecular weight excluding hydrogens is 218 g/mol. The molecule has 0 aromatic carbocycles. The maximum Gasteiger partial charge on any atom is 0.357 e. The number of carbonyl (C=O) groups is 2. The molecule has 2 fully saturated rings. The Bertz CT molecular complexity index is 276. The Morgan fingerprint density at radius 3 is 2.56 bits per heavy atom. The Hall–Kier alpha value is -1.18. The van der Waals surface area contributed by atoms with Crippen LogP contribution in [0.2, 0.25) is 0 Å². The van der Waals surface area contributed by atoms with E-state index in [9.17, 15) is 19.8 Å². The largest absolute Gasteiger partial charge is 0.441 e. The third kappa shape index (κ3) is 2.01. The predicted molar refractivity (Wildman–Crippen MR) is 48.5 cm³/mol. The lowest BCUT2D eigenvalue weighted by Crippen LogP contribution is -2.53. The second-order valence-electron chi connectivity index (χ2n) is 3.83. The highest BCUT2D eigenvalue weighted by Crippen LogP contribution is 2.21. The molecule has 0 bridgehead atoms. The molecule has 0 aliphatic carbocycles. The van der Waals surface area contributed by atoms with E-state index in [0.717, 1.165) is 12.8 Å². The van der Waals surface area contributed by atoms with Crippen LogP contribution >= 0.6 is 0 Å². The minimum Gasteiger partial charge on any atom is -0.441 e. The second-order valence-corrected chi connectivity index (χ2v) is 3.83. The van der Waals surface area contributed by atoms with Gasteiger partial charge in [0.25, 0.3) is 0 Å². The maximum atomic E-state index is 11.3. The van der Waals surface area contributed by atoms with Crippen LogP contribution in [-0.2, 0) is 19.2 Å². The van der Waals surface area contributed by atoms with Crippen molar-refractivity contribution in [3.05, 3.63) is 0 Å². The number of aliphatic hydroxyl groups excluding tert-OH is 2. The molecule has 0 saturated carbocycles. The molecular formula is C9H13NO6. The molecule has 2 aliphatic heterocycles. The van der Waals surface area contributed by atoms with Gasteiger partial charge in [0.15, 0.2) is 18.4 Å². The lowest BCUT2D eigenvalue weighted by molar-refractivity contribution is -0.270. The van der Waals surface area contributed by atoms with E-state index in [1.165, 1.54) is 5.06 Å². The van der Waals surface area contributed by atoms with Gasteiger partial charge >= 0.3 is 11.9 Å². The minimum atomic E-state index is -1.89. The van der Waals surface area contributed by atoms with Crippen molar-refractivity contribution in [1.82, 2.24) is 5.06 Å². The van der Waals surface area contributed by atoms with Gasteiger partial charge in [-0.15, -0.1) is 0 Å². The van der Waals surface area contributed by atoms with Crippen LogP contribution in [0.1, 0.15) is 19.3 Å². The summed E-state index contributed by atoms with van der Waals surface area (Å²) in [5, 5.41) is 19.8. The van der Waals surface area contributed by atoms with Crippen LogP contribution in [0.4, 0.5) is 0 Å². The molecule has 0 radical (unpaired) electrons. The first-order valence-corrected chi connectivity index (χ1v) is 5.14. The maximum absolute atomic E-state index is 11.3. The molecule has 16 heavy (non-hydrogen) atoms. The summed E-state index contributed by atoms with van der Waals surface area (Å²) in [5.41, 5.74) is 0. The Morgan fingerprint density at radius 1 is 1.12 bits per heavy atom. The molecule has 2 aliphatic rings. The van der Waals surface area contributed by atoms with Gasteiger partial charge in [-0.25, -0.2) is 9.59 Å². The van der Waals surface area contributed by atoms with E-state index < -0.39 is 30.4 Å². The van der Waals surface area contributed by atoms with E-state index in [0.29, 0.717) is 13.0 Å². The summed E-state index contributed by atoms with van der Waals surface area (Å²) >= 11 is 0. The fourth-order valence-electron chi connectivity index (χ4n) is 1.73. The van der Waals surface area contributed by atoms with E-state index in [-0.39, 0.29) is 0 Å². The summed E-state index contributed by atoms with van der Waals surface area (Å²) in [5.74, 6) is -2.03. The first kappa shape index (κ1) is 11.3. The van der Waals surface area contributed by atoms with Crippen LogP contribution < -0.4 is 0 Å². The highest BCUT2D eigenvalue weighted by atomic mass is 16.8. The van der Waals surface area contributed by atoms with Crippen molar-refractivity contribution in [1.29, 1.82) is 0 Å². The van der Waals surface area contributed by atoms with Gasteiger partial charge in [-0.3, -0.25) is 0 Å². The number of rotatable bonds is 0. The number of fused-ring (bicyclic) bond motifs is 1. The van der Waals surface area contributed by atoms with E-state index >= 15 is 0 Å². The monoisotopic (exact) mass is 231 g/mol. The van der Waals surface area contributed by atoms with Gasteiger partial charge in [0.1, 0.15) is 0 Å². The molecule has 7 nitrogen and oxygen atoms in total. The summed E-state index contributed by atoms with van der Waals surface area (Å²) in [7, 11) is 0. The summed E-state index contributed by atoms with van der Waals surface area (Å²) < 4.78 is 4.93. The lowest BCUT2D eigenvalue weighted by atomic mass is 10.1. The molecule has 2 N–H and O–H groups in total. The fraction of sp³-hybridized carbons (Fsp3) is 0.778. The Morgan fingerprint density at radius 2 is 1.81 bits per heavy atom. The summed E-state index contributed by atoms with van der Waals surface area (Å²) in [6.45, 7) is 0.451. The highest BCUT2D eigenvalue weighted by Gasteiger charge is 2.41. The number of hydrogen-bond acceptors (Lipinski definition) is 7. The molecule has 2 saturated heterocycles. The van der Waals surface area contributed by atoms with E-state index in [4.69, 9.17) is 9.57 Å². The molecule has 90 valence electrons. The standard InChI is InChI=1S/C9H13NO6/c11-6-7(12)9(14)16-10-4-2-1-3-5(10)15-8(6)13/h5-7,11-12H,1-4H2. The summed E-state index contributed by atoms with van der Waals surface area (Å²) in [4.78, 5) is 27.4. The third-order valence-corrected chi connectivity index (χ3v) is 2.64. The lowest BCUT2D eigenvalue weighted by Gasteiger charge is -2.36. The van der Waals surface area contributed by atoms with Gasteiger partial charge in [-0.05, 0) is 12.8 Å². The number of hydrogen-bond donors (Lipinski definition) is 2. The zero-order valence-electron chi connectivity index (χ0n) is 8.54. The van der Waals surface area contributed by atoms with Gasteiger partial charge in [-0.1, -0.05) is 5.06 Å². The Labute approximate surface area is 91.5 Å². The fourth-order valence-corrected chi connectivity index (χ4v) is 1.73. The number of aliphatic hydroxyl groups is 2. The first-order valence-electron chi connectivity index (χ1n) is 5.14. The molecule has 0 aromatic rings. The van der Waals surface area contributed by atoms with E-state index in [2.05, 4.69) is 0 Å². The van der Waals surface area contributed by atoms with Crippen LogP contribution in [0.15, 0.2) is 0 Å². The predicted octanol–water partition coefficient (Wildman–Crippen LogP) is -1.46. The van der Waals surface area contributed by atoms with Crippen molar-refractivity contribution in [2.24, 2.45) is 0 Å². The molecule has 3 unspecified atom stereocenters. The number of piperidine rings is 1. The zero-order chi connectivity index (χ0) is 11.7. The van der Waals surface area contributed by atoms with Crippen molar-refractivity contribution in [2.45, 2.75) is 37.7 Å². The normalized spacial score (nSPS) is 36.8. The van der Waals surface area contributed by atoms with Crippen LogP contribution in [0.25, 0.3) is 0 Å². The smallest absolute Gasteiger partial charge is 0.357 e. The van der Waals surface area contributed by atoms with Crippen molar-refractivity contribution >= 4 is 11.9 Å². The van der Waals surface area contributed by atoms with E-state index in [1.807, 2.05) is 0 Å². The van der Waals surface area contributed by atoms with Gasteiger partial charge < -0.3 is 19.8 Å². The number of nitrogens with zero attached hydrogens (tertiary/aromatic N) is 1. The number of carbonyl (C=O) groups excluding carboxylic acids is 2. The highest BCUT2D eigenvalue weighted by molar-refractivity contribution is 5.85. The molecule has 0 spiro atoms. The number of hydroxylamine groups is 2. The molecule has 0 aromatic heterocycles. The quantitative estimate of drug-likeness (QED) is 0.491. The van der Waals surface area contributed by atoms with E-state index in [1.54, 1.807) is 0 Å². The summed E-state index contributed by atoms with van der Waals surface area (Å²) in [6.07, 6.45) is -2.22. The molecule has 0 amide bonds. The van der Waals surface area contributed by atoms with Gasteiger partial charge in [0.2, 0.25) is 0 Å². The van der Waals surface area contributed by atoms with Crippen LogP contribution in [-0.4, -0.2) is 52.2 Å². The average Bonchev–Trinajstić information content (AvgIpc) is 2.28. The van der Waals surface area contributed by atoms with Crippen LogP contribution in [0, 0.1) is 0 Å². The van der Waals surface area contributed by atoms with Crippen molar-refractivity contribution < 1.29 is 29.4 Å². The van der Waals surface area contributed by atoms with Crippen molar-refractivity contribution in [3.8, 4) is 0 Å². The third-order valence-electron chi connectivity index (χ3n) is 2.64. The van der Waals surface area contributed by atoms with Gasteiger partial charge in [0, 0.05) is 13.0 Å². The Kier molecular flexibility index (Phi) is 3.08. The average molecular weight is 231 g/mol. The number of esters is 1.